The number of benzene rings is 2. The second-order valence-electron chi connectivity index (χ2n) is 6.21. The minimum absolute atomic E-state index is 0.253. The van der Waals surface area contributed by atoms with Crippen LogP contribution in [-0.2, 0) is 23.2 Å². The van der Waals surface area contributed by atoms with Gasteiger partial charge in [0.25, 0.3) is 0 Å². The predicted molar refractivity (Wildman–Crippen MR) is 103 cm³/mol. The highest BCUT2D eigenvalue weighted by atomic mass is 16.5. The van der Waals surface area contributed by atoms with E-state index in [1.54, 1.807) is 10.8 Å². The summed E-state index contributed by atoms with van der Waals surface area (Å²) in [4.78, 5) is 12.0. The third kappa shape index (κ3) is 4.09. The molecule has 3 aromatic rings. The van der Waals surface area contributed by atoms with E-state index in [4.69, 9.17) is 4.74 Å². The fourth-order valence-electron chi connectivity index (χ4n) is 2.81. The zero-order valence-corrected chi connectivity index (χ0v) is 15.3. The fraction of sp³-hybridized carbons (Fsp3) is 0.182. The Balaban J connectivity index is 1.58. The first-order valence-corrected chi connectivity index (χ1v) is 8.54. The molecular weight excluding hydrogens is 324 g/mol. The summed E-state index contributed by atoms with van der Waals surface area (Å²) in [5, 5.41) is 4.33. The van der Waals surface area contributed by atoms with Crippen molar-refractivity contribution in [2.24, 2.45) is 7.05 Å². The number of esters is 1. The third-order valence-electron chi connectivity index (χ3n) is 4.39. The fourth-order valence-corrected chi connectivity index (χ4v) is 2.81. The van der Waals surface area contributed by atoms with Crippen molar-refractivity contribution in [2.75, 3.05) is 0 Å². The van der Waals surface area contributed by atoms with Gasteiger partial charge in [-0.2, -0.15) is 5.10 Å². The summed E-state index contributed by atoms with van der Waals surface area (Å²) < 4.78 is 7.13. The zero-order chi connectivity index (χ0) is 18.5. The van der Waals surface area contributed by atoms with Crippen LogP contribution in [0.4, 0.5) is 0 Å². The SMILES string of the molecule is Cc1nn(C)c(C)c1/C=C\C(=O)OCc1ccc(-c2ccccc2)cc1. The van der Waals surface area contributed by atoms with Gasteiger partial charge in [-0.25, -0.2) is 4.79 Å². The Morgan fingerprint density at radius 1 is 1.04 bits per heavy atom. The Hall–Kier alpha value is -3.14. The molecule has 1 heterocycles. The number of nitrogens with zero attached hydrogens (tertiary/aromatic N) is 2. The molecule has 132 valence electrons. The van der Waals surface area contributed by atoms with Crippen LogP contribution in [0.3, 0.4) is 0 Å². The molecule has 3 rings (SSSR count). The molecule has 0 unspecified atom stereocenters. The van der Waals surface area contributed by atoms with Gasteiger partial charge in [-0.05, 0) is 36.6 Å². The molecule has 4 heteroatoms. The molecular formula is C22H22N2O2. The summed E-state index contributed by atoms with van der Waals surface area (Å²) in [6, 6.07) is 18.2. The van der Waals surface area contributed by atoms with E-state index >= 15 is 0 Å². The molecule has 0 atom stereocenters. The van der Waals surface area contributed by atoms with Crippen molar-refractivity contribution >= 4 is 12.0 Å². The summed E-state index contributed by atoms with van der Waals surface area (Å²) >= 11 is 0. The predicted octanol–water partition coefficient (Wildman–Crippen LogP) is 4.46. The number of hydrogen-bond donors (Lipinski definition) is 0. The van der Waals surface area contributed by atoms with Gasteiger partial charge in [-0.15, -0.1) is 0 Å². The standard InChI is InChI=1S/C22H22N2O2/c1-16-21(17(2)24(3)23-16)13-14-22(25)26-15-18-9-11-20(12-10-18)19-7-5-4-6-8-19/h4-14H,15H2,1-3H3/b14-13-. The summed E-state index contributed by atoms with van der Waals surface area (Å²) in [7, 11) is 1.89. The van der Waals surface area contributed by atoms with Gasteiger partial charge < -0.3 is 4.74 Å². The van der Waals surface area contributed by atoms with Crippen LogP contribution < -0.4 is 0 Å². The first-order chi connectivity index (χ1) is 12.5. The molecule has 26 heavy (non-hydrogen) atoms. The molecule has 0 saturated carbocycles. The van der Waals surface area contributed by atoms with Gasteiger partial charge in [-0.3, -0.25) is 4.68 Å². The van der Waals surface area contributed by atoms with Gasteiger partial charge in [0.1, 0.15) is 6.61 Å². The van der Waals surface area contributed by atoms with Crippen LogP contribution in [0.1, 0.15) is 22.5 Å². The topological polar surface area (TPSA) is 44.1 Å². The minimum Gasteiger partial charge on any atom is -0.458 e. The van der Waals surface area contributed by atoms with Crippen molar-refractivity contribution in [3.05, 3.63) is 83.2 Å². The second kappa shape index (κ2) is 7.83. The largest absolute Gasteiger partial charge is 0.458 e. The lowest BCUT2D eigenvalue weighted by Crippen LogP contribution is -2.00. The molecule has 4 nitrogen and oxygen atoms in total. The van der Waals surface area contributed by atoms with Crippen molar-refractivity contribution in [3.63, 3.8) is 0 Å². The number of carbonyl (C=O) groups excluding carboxylic acids is 1. The molecule has 0 aliphatic rings. The molecule has 0 aliphatic carbocycles. The van der Waals surface area contributed by atoms with Crippen LogP contribution in [0.15, 0.2) is 60.7 Å². The molecule has 0 aliphatic heterocycles. The molecule has 0 saturated heterocycles. The van der Waals surface area contributed by atoms with E-state index in [9.17, 15) is 4.79 Å². The van der Waals surface area contributed by atoms with Crippen LogP contribution in [0.25, 0.3) is 17.2 Å². The zero-order valence-electron chi connectivity index (χ0n) is 15.3. The van der Waals surface area contributed by atoms with Gasteiger partial charge in [0.2, 0.25) is 0 Å². The minimum atomic E-state index is -0.361. The highest BCUT2D eigenvalue weighted by Crippen LogP contribution is 2.19. The van der Waals surface area contributed by atoms with E-state index < -0.39 is 0 Å². The third-order valence-corrected chi connectivity index (χ3v) is 4.39. The Morgan fingerprint density at radius 2 is 1.69 bits per heavy atom. The summed E-state index contributed by atoms with van der Waals surface area (Å²) in [6.45, 7) is 4.15. The van der Waals surface area contributed by atoms with Gasteiger partial charge in [0.05, 0.1) is 5.69 Å². The Bertz CT molecular complexity index is 923. The number of carbonyl (C=O) groups is 1. The Kier molecular flexibility index (Phi) is 5.32. The van der Waals surface area contributed by atoms with Crippen molar-refractivity contribution in [1.29, 1.82) is 0 Å². The van der Waals surface area contributed by atoms with E-state index in [0.29, 0.717) is 0 Å². The monoisotopic (exact) mass is 346 g/mol. The lowest BCUT2D eigenvalue weighted by atomic mass is 10.0. The highest BCUT2D eigenvalue weighted by Gasteiger charge is 2.07. The Labute approximate surface area is 153 Å². The van der Waals surface area contributed by atoms with Crippen LogP contribution in [0.5, 0.6) is 0 Å². The van der Waals surface area contributed by atoms with Crippen molar-refractivity contribution in [3.8, 4) is 11.1 Å². The van der Waals surface area contributed by atoms with E-state index in [1.165, 1.54) is 11.6 Å². The van der Waals surface area contributed by atoms with Crippen LogP contribution in [0.2, 0.25) is 0 Å². The van der Waals surface area contributed by atoms with E-state index in [1.807, 2.05) is 63.4 Å². The van der Waals surface area contributed by atoms with Crippen LogP contribution in [0, 0.1) is 13.8 Å². The van der Waals surface area contributed by atoms with E-state index in [2.05, 4.69) is 17.2 Å². The van der Waals surface area contributed by atoms with Crippen molar-refractivity contribution < 1.29 is 9.53 Å². The van der Waals surface area contributed by atoms with Gasteiger partial charge >= 0.3 is 5.97 Å². The van der Waals surface area contributed by atoms with E-state index in [-0.39, 0.29) is 12.6 Å². The smallest absolute Gasteiger partial charge is 0.331 e. The lowest BCUT2D eigenvalue weighted by molar-refractivity contribution is -0.138. The number of rotatable bonds is 5. The van der Waals surface area contributed by atoms with Crippen LogP contribution in [-0.4, -0.2) is 15.7 Å². The molecule has 0 spiro atoms. The van der Waals surface area contributed by atoms with Crippen molar-refractivity contribution in [2.45, 2.75) is 20.5 Å². The van der Waals surface area contributed by atoms with Crippen LogP contribution >= 0.6 is 0 Å². The van der Waals surface area contributed by atoms with Crippen molar-refractivity contribution in [1.82, 2.24) is 9.78 Å². The molecule has 1 aromatic heterocycles. The number of hydrogen-bond acceptors (Lipinski definition) is 3. The summed E-state index contributed by atoms with van der Waals surface area (Å²) in [5.74, 6) is -0.361. The maximum atomic E-state index is 12.0. The van der Waals surface area contributed by atoms with Gasteiger partial charge in [-0.1, -0.05) is 54.6 Å². The lowest BCUT2D eigenvalue weighted by Gasteiger charge is -2.05. The highest BCUT2D eigenvalue weighted by molar-refractivity contribution is 5.87. The quantitative estimate of drug-likeness (QED) is 0.506. The average Bonchev–Trinajstić information content (AvgIpc) is 2.91. The number of aromatic nitrogens is 2. The first kappa shape index (κ1) is 17.7. The normalized spacial score (nSPS) is 11.0. The molecule has 0 radical (unpaired) electrons. The maximum Gasteiger partial charge on any atom is 0.331 e. The molecule has 0 bridgehead atoms. The number of ether oxygens (including phenoxy) is 1. The summed E-state index contributed by atoms with van der Waals surface area (Å²) in [6.07, 6.45) is 3.22. The average molecular weight is 346 g/mol. The maximum absolute atomic E-state index is 12.0. The van der Waals surface area contributed by atoms with Gasteiger partial charge in [0, 0.05) is 24.4 Å². The summed E-state index contributed by atoms with van der Waals surface area (Å²) in [5.41, 5.74) is 6.13. The molecule has 0 amide bonds. The first-order valence-electron chi connectivity index (χ1n) is 8.54. The van der Waals surface area contributed by atoms with E-state index in [0.717, 1.165) is 28.1 Å². The van der Waals surface area contributed by atoms with Gasteiger partial charge in [0.15, 0.2) is 0 Å². The molecule has 0 fully saturated rings. The second-order valence-corrected chi connectivity index (χ2v) is 6.21. The molecule has 2 aromatic carbocycles. The molecule has 0 N–H and O–H groups in total. The number of aryl methyl sites for hydroxylation is 2. The Morgan fingerprint density at radius 3 is 2.31 bits per heavy atom.